The molecule has 3 atom stereocenters. The molecule has 0 bridgehead atoms. The Bertz CT molecular complexity index is 971. The molecule has 1 unspecified atom stereocenters. The van der Waals surface area contributed by atoms with E-state index in [1.807, 2.05) is 6.07 Å². The van der Waals surface area contributed by atoms with Gasteiger partial charge in [0.1, 0.15) is 6.04 Å². The van der Waals surface area contributed by atoms with E-state index in [9.17, 15) is 19.2 Å². The molecule has 1 N–H and O–H groups in total. The number of hydrogen-bond donors (Lipinski definition) is 1. The molecular weight excluding hydrogens is 408 g/mol. The van der Waals surface area contributed by atoms with Crippen LogP contribution < -0.4 is 10.2 Å². The molecule has 32 heavy (non-hydrogen) atoms. The van der Waals surface area contributed by atoms with Crippen molar-refractivity contribution in [3.8, 4) is 0 Å². The summed E-state index contributed by atoms with van der Waals surface area (Å²) in [5.41, 5.74) is 1.59. The third-order valence-corrected chi connectivity index (χ3v) is 7.63. The van der Waals surface area contributed by atoms with Gasteiger partial charge in [-0.2, -0.15) is 0 Å². The number of likely N-dealkylation sites (N-methyl/N-ethyl adjacent to an activating group) is 1. The smallest absolute Gasteiger partial charge is 0.262 e. The maximum Gasteiger partial charge on any atom is 0.262 e. The second-order valence-electron chi connectivity index (χ2n) is 9.45. The Morgan fingerprint density at radius 2 is 1.66 bits per heavy atom. The number of hydrogen-bond acceptors (Lipinski definition) is 6. The van der Waals surface area contributed by atoms with E-state index < -0.39 is 23.8 Å². The van der Waals surface area contributed by atoms with Crippen LogP contribution in [-0.2, 0) is 9.59 Å². The Labute approximate surface area is 187 Å². The summed E-state index contributed by atoms with van der Waals surface area (Å²) in [6, 6.07) is 5.38. The monoisotopic (exact) mass is 438 g/mol. The van der Waals surface area contributed by atoms with Gasteiger partial charge in [0.25, 0.3) is 11.8 Å². The fraction of sp³-hybridized carbons (Fsp3) is 0.583. The molecular formula is C24H30N4O4. The minimum Gasteiger partial charge on any atom is -0.370 e. The van der Waals surface area contributed by atoms with Gasteiger partial charge in [0.2, 0.25) is 11.8 Å². The van der Waals surface area contributed by atoms with Crippen molar-refractivity contribution < 1.29 is 19.2 Å². The molecule has 2 saturated heterocycles. The minimum absolute atomic E-state index is 0.122. The van der Waals surface area contributed by atoms with E-state index in [0.29, 0.717) is 23.2 Å². The Hall–Kier alpha value is -2.74. The first kappa shape index (κ1) is 21.1. The van der Waals surface area contributed by atoms with E-state index in [-0.39, 0.29) is 18.7 Å². The van der Waals surface area contributed by atoms with E-state index in [1.54, 1.807) is 12.1 Å². The number of nitrogens with zero attached hydrogens (tertiary/aromatic N) is 3. The molecule has 0 aromatic heterocycles. The first-order valence-corrected chi connectivity index (χ1v) is 11.8. The van der Waals surface area contributed by atoms with E-state index in [4.69, 9.17) is 0 Å². The summed E-state index contributed by atoms with van der Waals surface area (Å²) in [5, 5.41) is 2.24. The van der Waals surface area contributed by atoms with Gasteiger partial charge < -0.3 is 4.90 Å². The molecule has 0 spiro atoms. The lowest BCUT2D eigenvalue weighted by Crippen LogP contribution is -2.54. The van der Waals surface area contributed by atoms with Crippen LogP contribution in [0.3, 0.4) is 0 Å². The molecule has 3 heterocycles. The van der Waals surface area contributed by atoms with Gasteiger partial charge in [-0.3, -0.25) is 34.3 Å². The first-order valence-electron chi connectivity index (χ1n) is 11.8. The third kappa shape index (κ3) is 3.50. The average molecular weight is 439 g/mol. The summed E-state index contributed by atoms with van der Waals surface area (Å²) < 4.78 is 0. The summed E-state index contributed by atoms with van der Waals surface area (Å²) in [4.78, 5) is 55.8. The van der Waals surface area contributed by atoms with Crippen LogP contribution in [0.5, 0.6) is 0 Å². The molecule has 8 heteroatoms. The summed E-state index contributed by atoms with van der Waals surface area (Å²) in [6.45, 7) is 2.32. The molecule has 1 aromatic carbocycles. The molecule has 3 aliphatic heterocycles. The number of imide groups is 2. The van der Waals surface area contributed by atoms with Crippen molar-refractivity contribution >= 4 is 29.3 Å². The zero-order chi connectivity index (χ0) is 22.4. The largest absolute Gasteiger partial charge is 0.370 e. The van der Waals surface area contributed by atoms with Crippen LogP contribution in [0.1, 0.15) is 72.1 Å². The maximum absolute atomic E-state index is 13.2. The van der Waals surface area contributed by atoms with Gasteiger partial charge in [0, 0.05) is 31.2 Å². The SMILES string of the molecule is CN(c1ccc2c(c1)C(=O)N(C1CCC(=O)NC1=O)C2=O)[C@H]1CCC[C@H]1N1CCCCC1. The van der Waals surface area contributed by atoms with Gasteiger partial charge in [-0.25, -0.2) is 0 Å². The molecule has 1 aromatic rings. The van der Waals surface area contributed by atoms with Gasteiger partial charge in [0.05, 0.1) is 11.1 Å². The predicted octanol–water partition coefficient (Wildman–Crippen LogP) is 1.93. The molecule has 4 aliphatic rings. The standard InChI is InChI=1S/C24H30N4O4/c1-26(18-6-5-7-19(18)27-12-3-2-4-13-27)15-8-9-16-17(14-15)24(32)28(23(16)31)20-10-11-21(29)25-22(20)30/h8-9,14,18-20H,2-7,10-13H2,1H3,(H,25,29,30)/t18-,19+,20?/m0/s1. The summed E-state index contributed by atoms with van der Waals surface area (Å²) in [5.74, 6) is -1.86. The lowest BCUT2D eigenvalue weighted by Gasteiger charge is -2.40. The van der Waals surface area contributed by atoms with Crippen molar-refractivity contribution in [2.24, 2.45) is 0 Å². The van der Waals surface area contributed by atoms with Gasteiger partial charge >= 0.3 is 0 Å². The van der Waals surface area contributed by atoms with E-state index in [0.717, 1.165) is 30.1 Å². The number of carbonyl (C=O) groups is 4. The van der Waals surface area contributed by atoms with Crippen LogP contribution in [0.25, 0.3) is 0 Å². The lowest BCUT2D eigenvalue weighted by atomic mass is 10.0. The van der Waals surface area contributed by atoms with Crippen molar-refractivity contribution in [3.05, 3.63) is 29.3 Å². The Morgan fingerprint density at radius 3 is 2.41 bits per heavy atom. The van der Waals surface area contributed by atoms with E-state index in [1.165, 1.54) is 32.1 Å². The molecule has 3 fully saturated rings. The Balaban J connectivity index is 1.37. The minimum atomic E-state index is -0.931. The molecule has 1 saturated carbocycles. The molecule has 4 amide bonds. The van der Waals surface area contributed by atoms with E-state index in [2.05, 4.69) is 22.2 Å². The number of piperidine rings is 2. The van der Waals surface area contributed by atoms with E-state index >= 15 is 0 Å². The first-order chi connectivity index (χ1) is 15.5. The van der Waals surface area contributed by atoms with Gasteiger partial charge in [-0.05, 0) is 69.8 Å². The fourth-order valence-corrected chi connectivity index (χ4v) is 5.92. The van der Waals surface area contributed by atoms with Crippen LogP contribution in [0.2, 0.25) is 0 Å². The fourth-order valence-electron chi connectivity index (χ4n) is 5.92. The zero-order valence-electron chi connectivity index (χ0n) is 18.5. The average Bonchev–Trinajstić information content (AvgIpc) is 3.38. The number of benzene rings is 1. The third-order valence-electron chi connectivity index (χ3n) is 7.63. The van der Waals surface area contributed by atoms with Gasteiger partial charge in [-0.1, -0.05) is 6.42 Å². The van der Waals surface area contributed by atoms with Crippen molar-refractivity contribution in [2.75, 3.05) is 25.0 Å². The van der Waals surface area contributed by atoms with Crippen molar-refractivity contribution in [1.82, 2.24) is 15.1 Å². The highest BCUT2D eigenvalue weighted by molar-refractivity contribution is 6.23. The van der Waals surface area contributed by atoms with Crippen molar-refractivity contribution in [2.45, 2.75) is 69.5 Å². The van der Waals surface area contributed by atoms with Gasteiger partial charge in [-0.15, -0.1) is 0 Å². The van der Waals surface area contributed by atoms with Crippen LogP contribution >= 0.6 is 0 Å². The summed E-state index contributed by atoms with van der Waals surface area (Å²) in [7, 11) is 2.08. The molecule has 1 aliphatic carbocycles. The highest BCUT2D eigenvalue weighted by atomic mass is 16.2. The number of nitrogens with one attached hydrogen (secondary N) is 1. The lowest BCUT2D eigenvalue weighted by molar-refractivity contribution is -0.136. The maximum atomic E-state index is 13.2. The zero-order valence-corrected chi connectivity index (χ0v) is 18.5. The highest BCUT2D eigenvalue weighted by Gasteiger charge is 2.45. The highest BCUT2D eigenvalue weighted by Crippen LogP contribution is 2.35. The predicted molar refractivity (Wildman–Crippen MR) is 118 cm³/mol. The number of likely N-dealkylation sites (tertiary alicyclic amines) is 1. The van der Waals surface area contributed by atoms with Crippen LogP contribution in [-0.4, -0.2) is 71.7 Å². The number of fused-ring (bicyclic) bond motifs is 1. The number of anilines is 1. The van der Waals surface area contributed by atoms with Crippen molar-refractivity contribution in [3.63, 3.8) is 0 Å². The summed E-state index contributed by atoms with van der Waals surface area (Å²) in [6.07, 6.45) is 7.64. The second kappa shape index (κ2) is 8.31. The number of rotatable bonds is 4. The van der Waals surface area contributed by atoms with Crippen LogP contribution in [0, 0.1) is 0 Å². The van der Waals surface area contributed by atoms with Crippen LogP contribution in [0.4, 0.5) is 5.69 Å². The second-order valence-corrected chi connectivity index (χ2v) is 9.45. The Morgan fingerprint density at radius 1 is 0.906 bits per heavy atom. The number of amides is 4. The molecule has 170 valence electrons. The molecule has 8 nitrogen and oxygen atoms in total. The summed E-state index contributed by atoms with van der Waals surface area (Å²) >= 11 is 0. The molecule has 0 radical (unpaired) electrons. The number of carbonyl (C=O) groups excluding carboxylic acids is 4. The molecule has 5 rings (SSSR count). The van der Waals surface area contributed by atoms with Crippen molar-refractivity contribution in [1.29, 1.82) is 0 Å². The quantitative estimate of drug-likeness (QED) is 0.723. The Kier molecular flexibility index (Phi) is 5.49. The topological polar surface area (TPSA) is 90.0 Å². The normalized spacial score (nSPS) is 28.8. The van der Waals surface area contributed by atoms with Crippen LogP contribution in [0.15, 0.2) is 18.2 Å². The van der Waals surface area contributed by atoms with Gasteiger partial charge in [0.15, 0.2) is 0 Å².